The number of hydrogen-bond acceptors (Lipinski definition) is 3. The zero-order chi connectivity index (χ0) is 23.4. The van der Waals surface area contributed by atoms with Crippen LogP contribution >= 0.6 is 23.2 Å². The monoisotopic (exact) mass is 481 g/mol. The number of rotatable bonds is 5. The fraction of sp³-hybridized carbons (Fsp3) is 0.625. The maximum absolute atomic E-state index is 13.3. The Morgan fingerprint density at radius 1 is 1.06 bits per heavy atom. The molecule has 32 heavy (non-hydrogen) atoms. The Labute approximate surface area is 200 Å². The van der Waals surface area contributed by atoms with Crippen molar-refractivity contribution in [1.29, 1.82) is 0 Å². The summed E-state index contributed by atoms with van der Waals surface area (Å²) in [5.74, 6) is -0.279. The Hall–Kier alpha value is -1.79. The molecule has 1 saturated heterocycles. The number of carbonyl (C=O) groups excluding carboxylic acids is 3. The summed E-state index contributed by atoms with van der Waals surface area (Å²) >= 11 is 12.1. The third-order valence-electron chi connectivity index (χ3n) is 6.57. The normalized spacial score (nSPS) is 20.9. The molecule has 1 aliphatic heterocycles. The summed E-state index contributed by atoms with van der Waals surface area (Å²) in [6, 6.07) is 3.94. The van der Waals surface area contributed by atoms with E-state index in [0.29, 0.717) is 24.7 Å². The number of nitrogens with one attached hydrogen (secondary N) is 1. The SMILES string of the molecule is CC(C)C(NC(=O)c1ccc(Cl)cc1Cl)C(=O)N1CCN(C(=O)C2CCCCC2)C(C)C1. The van der Waals surface area contributed by atoms with Gasteiger partial charge in [0.15, 0.2) is 0 Å². The fourth-order valence-electron chi connectivity index (χ4n) is 4.67. The lowest BCUT2D eigenvalue weighted by Gasteiger charge is -2.43. The molecule has 1 aromatic carbocycles. The largest absolute Gasteiger partial charge is 0.340 e. The van der Waals surface area contributed by atoms with E-state index >= 15 is 0 Å². The van der Waals surface area contributed by atoms with Gasteiger partial charge in [0.05, 0.1) is 10.6 Å². The predicted octanol–water partition coefficient (Wildman–Crippen LogP) is 4.39. The number of amides is 3. The standard InChI is InChI=1S/C24H33Cl2N3O3/c1-15(2)21(27-22(30)19-10-9-18(25)13-20(19)26)24(32)28-11-12-29(16(3)14-28)23(31)17-7-5-4-6-8-17/h9-10,13,15-17,21H,4-8,11-12,14H2,1-3H3,(H,27,30). The first-order chi connectivity index (χ1) is 15.2. The Kier molecular flexibility index (Phi) is 8.45. The highest BCUT2D eigenvalue weighted by atomic mass is 35.5. The number of nitrogens with zero attached hydrogens (tertiary/aromatic N) is 2. The number of hydrogen-bond donors (Lipinski definition) is 1. The minimum absolute atomic E-state index is 0.0450. The van der Waals surface area contributed by atoms with Gasteiger partial charge in [-0.1, -0.05) is 56.3 Å². The molecule has 0 radical (unpaired) electrons. The van der Waals surface area contributed by atoms with Crippen LogP contribution in [-0.4, -0.2) is 59.2 Å². The Bertz CT molecular complexity index is 855. The van der Waals surface area contributed by atoms with E-state index in [1.807, 2.05) is 25.7 Å². The highest BCUT2D eigenvalue weighted by Gasteiger charge is 2.36. The molecule has 0 spiro atoms. The van der Waals surface area contributed by atoms with Crippen molar-refractivity contribution < 1.29 is 14.4 Å². The Morgan fingerprint density at radius 3 is 2.34 bits per heavy atom. The van der Waals surface area contributed by atoms with Gasteiger partial charge in [0.2, 0.25) is 11.8 Å². The van der Waals surface area contributed by atoms with E-state index in [0.717, 1.165) is 25.7 Å². The average Bonchev–Trinajstić information content (AvgIpc) is 2.76. The maximum Gasteiger partial charge on any atom is 0.253 e. The highest BCUT2D eigenvalue weighted by Crippen LogP contribution is 2.27. The summed E-state index contributed by atoms with van der Waals surface area (Å²) in [7, 11) is 0. The third-order valence-corrected chi connectivity index (χ3v) is 7.12. The van der Waals surface area contributed by atoms with Crippen molar-refractivity contribution >= 4 is 40.9 Å². The van der Waals surface area contributed by atoms with E-state index in [4.69, 9.17) is 23.2 Å². The molecule has 0 aromatic heterocycles. The second-order valence-corrected chi connectivity index (χ2v) is 10.2. The molecular formula is C24H33Cl2N3O3. The van der Waals surface area contributed by atoms with Gasteiger partial charge in [0.25, 0.3) is 5.91 Å². The number of piperazine rings is 1. The van der Waals surface area contributed by atoms with Gasteiger partial charge in [-0.15, -0.1) is 0 Å². The molecule has 176 valence electrons. The van der Waals surface area contributed by atoms with Gasteiger partial charge in [-0.05, 0) is 43.9 Å². The van der Waals surface area contributed by atoms with Gasteiger partial charge in [0, 0.05) is 36.6 Å². The van der Waals surface area contributed by atoms with Crippen LogP contribution in [0.2, 0.25) is 10.0 Å². The van der Waals surface area contributed by atoms with Gasteiger partial charge in [0.1, 0.15) is 6.04 Å². The molecule has 1 aliphatic carbocycles. The smallest absolute Gasteiger partial charge is 0.253 e. The summed E-state index contributed by atoms with van der Waals surface area (Å²) in [4.78, 5) is 42.8. The lowest BCUT2D eigenvalue weighted by molar-refractivity contribution is -0.147. The van der Waals surface area contributed by atoms with Gasteiger partial charge in [-0.2, -0.15) is 0 Å². The topological polar surface area (TPSA) is 69.7 Å². The number of carbonyl (C=O) groups is 3. The van der Waals surface area contributed by atoms with Gasteiger partial charge in [-0.3, -0.25) is 14.4 Å². The lowest BCUT2D eigenvalue weighted by Crippen LogP contribution is -2.60. The van der Waals surface area contributed by atoms with Crippen LogP contribution in [0.4, 0.5) is 0 Å². The average molecular weight is 482 g/mol. The van der Waals surface area contributed by atoms with Crippen LogP contribution in [0.25, 0.3) is 0 Å². The fourth-order valence-corrected chi connectivity index (χ4v) is 5.17. The summed E-state index contributed by atoms with van der Waals surface area (Å²) in [6.07, 6.45) is 5.40. The molecule has 0 bridgehead atoms. The summed E-state index contributed by atoms with van der Waals surface area (Å²) in [5, 5.41) is 3.54. The second-order valence-electron chi connectivity index (χ2n) is 9.32. The first-order valence-corrected chi connectivity index (χ1v) is 12.3. The molecule has 1 aromatic rings. The molecule has 3 rings (SSSR count). The molecule has 1 saturated carbocycles. The molecular weight excluding hydrogens is 449 g/mol. The molecule has 2 aliphatic rings. The number of benzene rings is 1. The first kappa shape index (κ1) is 24.8. The molecule has 3 amide bonds. The predicted molar refractivity (Wildman–Crippen MR) is 127 cm³/mol. The summed E-state index contributed by atoms with van der Waals surface area (Å²) in [6.45, 7) is 7.28. The van der Waals surface area contributed by atoms with Crippen molar-refractivity contribution in [2.75, 3.05) is 19.6 Å². The minimum Gasteiger partial charge on any atom is -0.340 e. The quantitative estimate of drug-likeness (QED) is 0.677. The van der Waals surface area contributed by atoms with Gasteiger partial charge >= 0.3 is 0 Å². The molecule has 2 fully saturated rings. The van der Waals surface area contributed by atoms with Crippen molar-refractivity contribution in [3.63, 3.8) is 0 Å². The molecule has 6 nitrogen and oxygen atoms in total. The molecule has 2 atom stereocenters. The van der Waals surface area contributed by atoms with E-state index < -0.39 is 11.9 Å². The molecule has 1 heterocycles. The van der Waals surface area contributed by atoms with Crippen LogP contribution < -0.4 is 5.32 Å². The van der Waals surface area contributed by atoms with Crippen molar-refractivity contribution in [3.8, 4) is 0 Å². The molecule has 8 heteroatoms. The van der Waals surface area contributed by atoms with Crippen LogP contribution in [0.15, 0.2) is 18.2 Å². The lowest BCUT2D eigenvalue weighted by atomic mass is 9.87. The van der Waals surface area contributed by atoms with E-state index in [-0.39, 0.29) is 40.3 Å². The molecule has 1 N–H and O–H groups in total. The second kappa shape index (κ2) is 10.9. The van der Waals surface area contributed by atoms with E-state index in [1.165, 1.54) is 12.5 Å². The van der Waals surface area contributed by atoms with Crippen molar-refractivity contribution in [2.45, 2.75) is 65.0 Å². The van der Waals surface area contributed by atoms with Crippen molar-refractivity contribution in [2.24, 2.45) is 11.8 Å². The minimum atomic E-state index is -0.679. The first-order valence-electron chi connectivity index (χ1n) is 11.5. The number of halogens is 2. The van der Waals surface area contributed by atoms with Crippen LogP contribution in [0.5, 0.6) is 0 Å². The highest BCUT2D eigenvalue weighted by molar-refractivity contribution is 6.36. The zero-order valence-corrected chi connectivity index (χ0v) is 20.6. The van der Waals surface area contributed by atoms with Crippen LogP contribution in [0, 0.1) is 11.8 Å². The Balaban J connectivity index is 1.64. The van der Waals surface area contributed by atoms with E-state index in [1.54, 1.807) is 17.0 Å². The molecule has 2 unspecified atom stereocenters. The maximum atomic E-state index is 13.3. The zero-order valence-electron chi connectivity index (χ0n) is 19.1. The van der Waals surface area contributed by atoms with E-state index in [9.17, 15) is 14.4 Å². The Morgan fingerprint density at radius 2 is 1.75 bits per heavy atom. The summed E-state index contributed by atoms with van der Waals surface area (Å²) < 4.78 is 0. The van der Waals surface area contributed by atoms with Crippen LogP contribution in [-0.2, 0) is 9.59 Å². The van der Waals surface area contributed by atoms with Crippen LogP contribution in [0.3, 0.4) is 0 Å². The third kappa shape index (κ3) is 5.76. The van der Waals surface area contributed by atoms with Crippen molar-refractivity contribution in [3.05, 3.63) is 33.8 Å². The van der Waals surface area contributed by atoms with Crippen molar-refractivity contribution in [1.82, 2.24) is 15.1 Å². The van der Waals surface area contributed by atoms with Crippen LogP contribution in [0.1, 0.15) is 63.2 Å². The van der Waals surface area contributed by atoms with Gasteiger partial charge in [-0.25, -0.2) is 0 Å². The van der Waals surface area contributed by atoms with E-state index in [2.05, 4.69) is 5.32 Å². The van der Waals surface area contributed by atoms with Gasteiger partial charge < -0.3 is 15.1 Å². The summed E-state index contributed by atoms with van der Waals surface area (Å²) in [5.41, 5.74) is 0.283.